The summed E-state index contributed by atoms with van der Waals surface area (Å²) < 4.78 is 77.3. The number of alkyl halides is 6. The Balaban J connectivity index is 2.30. The molecule has 9 heteroatoms. The van der Waals surface area contributed by atoms with E-state index in [-0.39, 0.29) is 24.1 Å². The average Bonchev–Trinajstić information content (AvgIpc) is 2.81. The second kappa shape index (κ2) is 6.23. The maximum absolute atomic E-state index is 12.8. The first-order chi connectivity index (χ1) is 10.6. The maximum Gasteiger partial charge on any atom is 0.435 e. The van der Waals surface area contributed by atoms with E-state index in [1.807, 2.05) is 0 Å². The summed E-state index contributed by atoms with van der Waals surface area (Å²) in [6.45, 7) is -0.725. The first kappa shape index (κ1) is 17.3. The summed E-state index contributed by atoms with van der Waals surface area (Å²) in [5, 5.41) is 12.2. The Morgan fingerprint density at radius 2 is 1.74 bits per heavy atom. The number of rotatable bonds is 4. The van der Waals surface area contributed by atoms with Crippen LogP contribution in [0, 0.1) is 0 Å². The minimum absolute atomic E-state index is 0.173. The van der Waals surface area contributed by atoms with Gasteiger partial charge in [0.1, 0.15) is 0 Å². The Labute approximate surface area is 127 Å². The van der Waals surface area contributed by atoms with E-state index in [1.54, 1.807) is 0 Å². The molecule has 3 nitrogen and oxygen atoms in total. The number of nitrogens with zero attached hydrogens (tertiary/aromatic N) is 2. The molecule has 1 aromatic heterocycles. The molecule has 0 unspecified atom stereocenters. The van der Waals surface area contributed by atoms with Crippen molar-refractivity contribution in [3.8, 4) is 0 Å². The van der Waals surface area contributed by atoms with Crippen molar-refractivity contribution in [3.05, 3.63) is 52.8 Å². The summed E-state index contributed by atoms with van der Waals surface area (Å²) >= 11 is 0. The molecule has 0 amide bonds. The van der Waals surface area contributed by atoms with E-state index in [9.17, 15) is 26.3 Å². The molecule has 0 aliphatic carbocycles. The van der Waals surface area contributed by atoms with Crippen LogP contribution in [0.15, 0.2) is 30.5 Å². The first-order valence-corrected chi connectivity index (χ1v) is 6.52. The lowest BCUT2D eigenvalue weighted by molar-refractivity contribution is -0.142. The van der Waals surface area contributed by atoms with Crippen LogP contribution in [-0.2, 0) is 25.3 Å². The maximum atomic E-state index is 12.8. The van der Waals surface area contributed by atoms with Gasteiger partial charge in [-0.05, 0) is 24.1 Å². The molecule has 0 atom stereocenters. The number of hydrogen-bond acceptors (Lipinski definition) is 2. The molecule has 23 heavy (non-hydrogen) atoms. The number of aliphatic hydroxyl groups excluding tert-OH is 1. The van der Waals surface area contributed by atoms with E-state index >= 15 is 0 Å². The number of benzene rings is 1. The highest BCUT2D eigenvalue weighted by Gasteiger charge is 2.37. The summed E-state index contributed by atoms with van der Waals surface area (Å²) in [6.07, 6.45) is -8.38. The number of hydrogen-bond donors (Lipinski definition) is 1. The SMILES string of the molecule is OCCc1cn(Cc2cccc(C(F)(F)F)c2)nc1C(F)(F)F. The molecule has 0 aliphatic rings. The number of aromatic nitrogens is 2. The molecular formula is C14H12F6N2O. The van der Waals surface area contributed by atoms with Gasteiger partial charge in [-0.1, -0.05) is 12.1 Å². The van der Waals surface area contributed by atoms with Crippen molar-refractivity contribution in [1.82, 2.24) is 9.78 Å². The Hall–Kier alpha value is -2.03. The smallest absolute Gasteiger partial charge is 0.396 e. The van der Waals surface area contributed by atoms with Gasteiger partial charge in [0.15, 0.2) is 5.69 Å². The van der Waals surface area contributed by atoms with Crippen LogP contribution in [0.1, 0.15) is 22.4 Å². The molecular weight excluding hydrogens is 326 g/mol. The van der Waals surface area contributed by atoms with E-state index in [0.717, 1.165) is 23.0 Å². The molecule has 2 rings (SSSR count). The van der Waals surface area contributed by atoms with Gasteiger partial charge in [-0.3, -0.25) is 4.68 Å². The fraction of sp³-hybridized carbons (Fsp3) is 0.357. The summed E-state index contributed by atoms with van der Waals surface area (Å²) in [4.78, 5) is 0. The van der Waals surface area contributed by atoms with Gasteiger partial charge in [0, 0.05) is 18.4 Å². The van der Waals surface area contributed by atoms with Gasteiger partial charge in [-0.2, -0.15) is 31.4 Å². The molecule has 1 heterocycles. The van der Waals surface area contributed by atoms with Crippen molar-refractivity contribution in [2.75, 3.05) is 6.61 Å². The zero-order chi connectivity index (χ0) is 17.3. The lowest BCUT2D eigenvalue weighted by atomic mass is 10.1. The van der Waals surface area contributed by atoms with Crippen molar-refractivity contribution in [1.29, 1.82) is 0 Å². The fourth-order valence-corrected chi connectivity index (χ4v) is 2.12. The van der Waals surface area contributed by atoms with Gasteiger partial charge in [0.05, 0.1) is 12.1 Å². The topological polar surface area (TPSA) is 38.0 Å². The van der Waals surface area contributed by atoms with Crippen LogP contribution in [0.4, 0.5) is 26.3 Å². The van der Waals surface area contributed by atoms with Crippen molar-refractivity contribution >= 4 is 0 Å². The number of aliphatic hydroxyl groups is 1. The van der Waals surface area contributed by atoms with Crippen LogP contribution >= 0.6 is 0 Å². The van der Waals surface area contributed by atoms with Gasteiger partial charge in [-0.25, -0.2) is 0 Å². The summed E-state index contributed by atoms with van der Waals surface area (Å²) in [7, 11) is 0. The van der Waals surface area contributed by atoms with E-state index in [0.29, 0.717) is 0 Å². The lowest BCUT2D eigenvalue weighted by Gasteiger charge is -2.09. The standard InChI is InChI=1S/C14H12F6N2O/c15-13(16,17)11-3-1-2-9(6-11)7-22-8-10(4-5-23)12(21-22)14(18,19)20/h1-3,6,8,23H,4-5,7H2. The van der Waals surface area contributed by atoms with E-state index < -0.39 is 30.2 Å². The highest BCUT2D eigenvalue weighted by atomic mass is 19.4. The fourth-order valence-electron chi connectivity index (χ4n) is 2.12. The molecule has 1 aromatic carbocycles. The van der Waals surface area contributed by atoms with Gasteiger partial charge >= 0.3 is 12.4 Å². The van der Waals surface area contributed by atoms with Gasteiger partial charge in [0.2, 0.25) is 0 Å². The molecule has 0 saturated heterocycles. The average molecular weight is 338 g/mol. The Bertz CT molecular complexity index is 675. The van der Waals surface area contributed by atoms with Gasteiger partial charge in [-0.15, -0.1) is 0 Å². The molecule has 0 bridgehead atoms. The second-order valence-electron chi connectivity index (χ2n) is 4.87. The summed E-state index contributed by atoms with van der Waals surface area (Å²) in [5.74, 6) is 0. The first-order valence-electron chi connectivity index (χ1n) is 6.52. The van der Waals surface area contributed by atoms with Crippen molar-refractivity contribution in [2.45, 2.75) is 25.3 Å². The quantitative estimate of drug-likeness (QED) is 0.867. The van der Waals surface area contributed by atoms with Crippen LogP contribution < -0.4 is 0 Å². The summed E-state index contributed by atoms with van der Waals surface area (Å²) in [5.41, 5.74) is -2.05. The van der Waals surface area contributed by atoms with E-state index in [1.165, 1.54) is 12.1 Å². The second-order valence-corrected chi connectivity index (χ2v) is 4.87. The van der Waals surface area contributed by atoms with E-state index in [2.05, 4.69) is 5.10 Å². The van der Waals surface area contributed by atoms with Crippen molar-refractivity contribution < 1.29 is 31.4 Å². The van der Waals surface area contributed by atoms with Crippen LogP contribution in [0.5, 0.6) is 0 Å². The normalized spacial score (nSPS) is 12.7. The number of halogens is 6. The third-order valence-corrected chi connectivity index (χ3v) is 3.09. The monoisotopic (exact) mass is 338 g/mol. The minimum atomic E-state index is -4.69. The van der Waals surface area contributed by atoms with Crippen LogP contribution in [0.25, 0.3) is 0 Å². The molecule has 0 radical (unpaired) electrons. The summed E-state index contributed by atoms with van der Waals surface area (Å²) in [6, 6.07) is 4.29. The molecule has 1 N–H and O–H groups in total. The molecule has 2 aromatic rings. The van der Waals surface area contributed by atoms with Crippen molar-refractivity contribution in [2.24, 2.45) is 0 Å². The van der Waals surface area contributed by atoms with Gasteiger partial charge in [0.25, 0.3) is 0 Å². The molecule has 0 spiro atoms. The zero-order valence-corrected chi connectivity index (χ0v) is 11.6. The Morgan fingerprint density at radius 3 is 2.30 bits per heavy atom. The highest BCUT2D eigenvalue weighted by Crippen LogP contribution is 2.32. The minimum Gasteiger partial charge on any atom is -0.396 e. The van der Waals surface area contributed by atoms with Crippen molar-refractivity contribution in [3.63, 3.8) is 0 Å². The predicted molar refractivity (Wildman–Crippen MR) is 68.6 cm³/mol. The van der Waals surface area contributed by atoms with Crippen LogP contribution in [0.2, 0.25) is 0 Å². The molecule has 0 saturated carbocycles. The van der Waals surface area contributed by atoms with Gasteiger partial charge < -0.3 is 5.11 Å². The predicted octanol–water partition coefficient (Wildman–Crippen LogP) is 3.50. The highest BCUT2D eigenvalue weighted by molar-refractivity contribution is 5.27. The largest absolute Gasteiger partial charge is 0.435 e. The van der Waals surface area contributed by atoms with Crippen LogP contribution in [0.3, 0.4) is 0 Å². The lowest BCUT2D eigenvalue weighted by Crippen LogP contribution is -2.11. The molecule has 0 fully saturated rings. The Kier molecular flexibility index (Phi) is 4.69. The zero-order valence-electron chi connectivity index (χ0n) is 11.6. The van der Waals surface area contributed by atoms with E-state index in [4.69, 9.17) is 5.11 Å². The molecule has 0 aliphatic heterocycles. The third kappa shape index (κ3) is 4.25. The third-order valence-electron chi connectivity index (χ3n) is 3.09. The Morgan fingerprint density at radius 1 is 1.04 bits per heavy atom. The van der Waals surface area contributed by atoms with Crippen LogP contribution in [-0.4, -0.2) is 21.5 Å². The molecule has 126 valence electrons.